The van der Waals surface area contributed by atoms with E-state index in [0.29, 0.717) is 5.41 Å². The van der Waals surface area contributed by atoms with E-state index in [9.17, 15) is 0 Å². The molecule has 1 rings (SSSR count). The summed E-state index contributed by atoms with van der Waals surface area (Å²) in [6.07, 6.45) is 4.64. The molecule has 1 unspecified atom stereocenters. The average molecular weight is 200 g/mol. The molecule has 0 radical (unpaired) electrons. The Bertz CT molecular complexity index is 175. The van der Waals surface area contributed by atoms with Crippen molar-refractivity contribution in [1.29, 1.82) is 0 Å². The molecule has 14 heavy (non-hydrogen) atoms. The van der Waals surface area contributed by atoms with Crippen molar-refractivity contribution >= 4 is 0 Å². The number of hydrogen-bond donors (Lipinski definition) is 0. The Balaban J connectivity index is 2.91. The highest BCUT2D eigenvalue weighted by Crippen LogP contribution is 2.50. The molecule has 84 valence electrons. The van der Waals surface area contributed by atoms with E-state index in [2.05, 4.69) is 20.8 Å². The van der Waals surface area contributed by atoms with Crippen molar-refractivity contribution in [3.05, 3.63) is 0 Å². The van der Waals surface area contributed by atoms with Gasteiger partial charge in [0.2, 0.25) is 0 Å². The van der Waals surface area contributed by atoms with Crippen LogP contribution in [0, 0.1) is 5.41 Å². The van der Waals surface area contributed by atoms with Crippen LogP contribution in [0.25, 0.3) is 0 Å². The first kappa shape index (κ1) is 12.0. The molecular weight excluding hydrogens is 176 g/mol. The van der Waals surface area contributed by atoms with Gasteiger partial charge in [0.05, 0.1) is 12.2 Å². The fourth-order valence-electron chi connectivity index (χ4n) is 3.08. The maximum atomic E-state index is 6.00. The van der Waals surface area contributed by atoms with E-state index in [1.165, 1.54) is 19.3 Å². The molecule has 0 aliphatic carbocycles. The lowest BCUT2D eigenvalue weighted by atomic mass is 9.67. The van der Waals surface area contributed by atoms with E-state index >= 15 is 0 Å². The van der Waals surface area contributed by atoms with Gasteiger partial charge in [-0.05, 0) is 25.7 Å². The Morgan fingerprint density at radius 1 is 1.14 bits per heavy atom. The van der Waals surface area contributed by atoms with E-state index in [4.69, 9.17) is 9.47 Å². The van der Waals surface area contributed by atoms with Crippen molar-refractivity contribution in [3.63, 3.8) is 0 Å². The van der Waals surface area contributed by atoms with E-state index in [0.717, 1.165) is 19.6 Å². The highest BCUT2D eigenvalue weighted by Gasteiger charge is 2.52. The first-order chi connectivity index (χ1) is 6.70. The monoisotopic (exact) mass is 200 g/mol. The molecule has 1 atom stereocenters. The fourth-order valence-corrected chi connectivity index (χ4v) is 3.08. The standard InChI is InChI=1S/C12H24O2/c1-5-11(6-2)8-9-14-12(11,7-3)10-13-4/h5-10H2,1-4H3. The second-order valence-electron chi connectivity index (χ2n) is 4.37. The van der Waals surface area contributed by atoms with Gasteiger partial charge in [0, 0.05) is 19.1 Å². The zero-order chi connectivity index (χ0) is 10.7. The number of rotatable bonds is 5. The van der Waals surface area contributed by atoms with Crippen molar-refractivity contribution in [1.82, 2.24) is 0 Å². The average Bonchev–Trinajstić information content (AvgIpc) is 2.58. The lowest BCUT2D eigenvalue weighted by Crippen LogP contribution is -2.47. The quantitative estimate of drug-likeness (QED) is 0.679. The molecule has 1 saturated heterocycles. The predicted molar refractivity (Wildman–Crippen MR) is 58.5 cm³/mol. The van der Waals surface area contributed by atoms with Crippen LogP contribution in [0.15, 0.2) is 0 Å². The topological polar surface area (TPSA) is 18.5 Å². The summed E-state index contributed by atoms with van der Waals surface area (Å²) in [5, 5.41) is 0. The van der Waals surface area contributed by atoms with Crippen molar-refractivity contribution in [3.8, 4) is 0 Å². The smallest absolute Gasteiger partial charge is 0.0968 e. The maximum Gasteiger partial charge on any atom is 0.0968 e. The molecule has 0 aromatic rings. The molecule has 0 spiro atoms. The molecule has 1 fully saturated rings. The van der Waals surface area contributed by atoms with Gasteiger partial charge in [-0.3, -0.25) is 0 Å². The van der Waals surface area contributed by atoms with Gasteiger partial charge in [-0.25, -0.2) is 0 Å². The van der Waals surface area contributed by atoms with E-state index in [1.807, 2.05) is 0 Å². The first-order valence-electron chi connectivity index (χ1n) is 5.83. The molecule has 0 amide bonds. The second kappa shape index (κ2) is 4.63. The zero-order valence-electron chi connectivity index (χ0n) is 10.1. The van der Waals surface area contributed by atoms with Crippen LogP contribution in [0.2, 0.25) is 0 Å². The summed E-state index contributed by atoms with van der Waals surface area (Å²) in [7, 11) is 1.77. The number of ether oxygens (including phenoxy) is 2. The van der Waals surface area contributed by atoms with Crippen LogP contribution in [0.4, 0.5) is 0 Å². The van der Waals surface area contributed by atoms with Gasteiger partial charge in [0.1, 0.15) is 0 Å². The molecule has 0 aromatic heterocycles. The molecule has 1 aliphatic heterocycles. The largest absolute Gasteiger partial charge is 0.382 e. The van der Waals surface area contributed by atoms with Gasteiger partial charge in [-0.15, -0.1) is 0 Å². The molecule has 2 heteroatoms. The van der Waals surface area contributed by atoms with Crippen molar-refractivity contribution < 1.29 is 9.47 Å². The predicted octanol–water partition coefficient (Wildman–Crippen LogP) is 3.01. The highest BCUT2D eigenvalue weighted by atomic mass is 16.5. The van der Waals surface area contributed by atoms with E-state index in [1.54, 1.807) is 7.11 Å². The summed E-state index contributed by atoms with van der Waals surface area (Å²) < 4.78 is 11.4. The number of hydrogen-bond acceptors (Lipinski definition) is 2. The molecule has 0 aromatic carbocycles. The Hall–Kier alpha value is -0.0800. The Kier molecular flexibility index (Phi) is 3.96. The summed E-state index contributed by atoms with van der Waals surface area (Å²) in [6, 6.07) is 0. The molecule has 1 aliphatic rings. The summed E-state index contributed by atoms with van der Waals surface area (Å²) in [4.78, 5) is 0. The number of methoxy groups -OCH3 is 1. The minimum Gasteiger partial charge on any atom is -0.382 e. The van der Waals surface area contributed by atoms with Crippen molar-refractivity contribution in [2.45, 2.75) is 52.1 Å². The van der Waals surface area contributed by atoms with E-state index < -0.39 is 0 Å². The Morgan fingerprint density at radius 3 is 2.21 bits per heavy atom. The van der Waals surface area contributed by atoms with Crippen LogP contribution in [-0.2, 0) is 9.47 Å². The third kappa shape index (κ3) is 1.59. The zero-order valence-corrected chi connectivity index (χ0v) is 10.1. The Labute approximate surface area is 88.0 Å². The summed E-state index contributed by atoms with van der Waals surface area (Å²) in [5.41, 5.74) is 0.322. The normalized spacial score (nSPS) is 30.9. The fraction of sp³-hybridized carbons (Fsp3) is 1.00. The maximum absolute atomic E-state index is 6.00. The van der Waals surface area contributed by atoms with Gasteiger partial charge in [0.15, 0.2) is 0 Å². The molecule has 1 heterocycles. The van der Waals surface area contributed by atoms with Crippen LogP contribution in [0.3, 0.4) is 0 Å². The van der Waals surface area contributed by atoms with Crippen LogP contribution < -0.4 is 0 Å². The Morgan fingerprint density at radius 2 is 1.79 bits per heavy atom. The highest BCUT2D eigenvalue weighted by molar-refractivity contribution is 5.02. The van der Waals surface area contributed by atoms with Gasteiger partial charge in [0.25, 0.3) is 0 Å². The molecule has 0 saturated carbocycles. The van der Waals surface area contributed by atoms with Gasteiger partial charge < -0.3 is 9.47 Å². The molecule has 0 bridgehead atoms. The second-order valence-corrected chi connectivity index (χ2v) is 4.37. The molecular formula is C12H24O2. The van der Waals surface area contributed by atoms with Crippen molar-refractivity contribution in [2.75, 3.05) is 20.3 Å². The van der Waals surface area contributed by atoms with E-state index in [-0.39, 0.29) is 5.60 Å². The minimum atomic E-state index is -0.0226. The van der Waals surface area contributed by atoms with Crippen LogP contribution in [-0.4, -0.2) is 25.9 Å². The summed E-state index contributed by atoms with van der Waals surface area (Å²) >= 11 is 0. The molecule has 0 N–H and O–H groups in total. The van der Waals surface area contributed by atoms with Crippen molar-refractivity contribution in [2.24, 2.45) is 5.41 Å². The van der Waals surface area contributed by atoms with Gasteiger partial charge >= 0.3 is 0 Å². The first-order valence-corrected chi connectivity index (χ1v) is 5.83. The summed E-state index contributed by atoms with van der Waals surface area (Å²) in [6.45, 7) is 8.41. The lowest BCUT2D eigenvalue weighted by Gasteiger charge is -2.43. The van der Waals surface area contributed by atoms with Crippen LogP contribution >= 0.6 is 0 Å². The van der Waals surface area contributed by atoms with Gasteiger partial charge in [-0.1, -0.05) is 20.8 Å². The lowest BCUT2D eigenvalue weighted by molar-refractivity contribution is -0.113. The summed E-state index contributed by atoms with van der Waals surface area (Å²) in [5.74, 6) is 0. The third-order valence-electron chi connectivity index (χ3n) is 4.23. The SMILES string of the molecule is CCC1(CC)CCOC1(CC)COC. The minimum absolute atomic E-state index is 0.0226. The van der Waals surface area contributed by atoms with Crippen LogP contribution in [0.5, 0.6) is 0 Å². The van der Waals surface area contributed by atoms with Gasteiger partial charge in [-0.2, -0.15) is 0 Å². The third-order valence-corrected chi connectivity index (χ3v) is 4.23. The molecule has 2 nitrogen and oxygen atoms in total. The van der Waals surface area contributed by atoms with Crippen LogP contribution in [0.1, 0.15) is 46.5 Å².